The van der Waals surface area contributed by atoms with Crippen LogP contribution < -0.4 is 9.47 Å². The minimum Gasteiger partial charge on any atom is -0.490 e. The van der Waals surface area contributed by atoms with Crippen molar-refractivity contribution < 1.29 is 14.3 Å². The van der Waals surface area contributed by atoms with Crippen LogP contribution in [0.3, 0.4) is 0 Å². The molecule has 0 atom stereocenters. The van der Waals surface area contributed by atoms with E-state index in [4.69, 9.17) is 14.7 Å². The van der Waals surface area contributed by atoms with Gasteiger partial charge in [0.05, 0.1) is 18.2 Å². The van der Waals surface area contributed by atoms with Crippen LogP contribution in [0.1, 0.15) is 18.1 Å². The molecule has 0 heterocycles. The molecule has 0 spiro atoms. The smallest absolute Gasteiger partial charge is 0.260 e. The van der Waals surface area contributed by atoms with E-state index in [9.17, 15) is 4.79 Å². The maximum atomic E-state index is 12.3. The van der Waals surface area contributed by atoms with Crippen molar-refractivity contribution in [2.45, 2.75) is 13.5 Å². The molecule has 130 valence electrons. The summed E-state index contributed by atoms with van der Waals surface area (Å²) in [5.41, 5.74) is 1.52. The standard InChI is InChI=1S/C19H19BrN2O3/c1-3-24-18-10-15(11-21)6-9-17(18)25-13-19(23)22(2)12-14-4-7-16(20)8-5-14/h4-10H,3,12-13H2,1-2H3. The lowest BCUT2D eigenvalue weighted by molar-refractivity contribution is -0.132. The molecular weight excluding hydrogens is 384 g/mol. The number of hydrogen-bond acceptors (Lipinski definition) is 4. The zero-order valence-corrected chi connectivity index (χ0v) is 15.7. The molecule has 0 unspecified atom stereocenters. The highest BCUT2D eigenvalue weighted by Gasteiger charge is 2.13. The highest BCUT2D eigenvalue weighted by atomic mass is 79.9. The summed E-state index contributed by atoms with van der Waals surface area (Å²) in [4.78, 5) is 13.9. The molecule has 0 saturated carbocycles. The molecule has 0 saturated heterocycles. The molecule has 0 radical (unpaired) electrons. The van der Waals surface area contributed by atoms with Crippen LogP contribution in [0.15, 0.2) is 46.9 Å². The average molecular weight is 403 g/mol. The first-order valence-electron chi connectivity index (χ1n) is 7.81. The Balaban J connectivity index is 1.97. The summed E-state index contributed by atoms with van der Waals surface area (Å²) in [6.07, 6.45) is 0. The predicted octanol–water partition coefficient (Wildman–Crippen LogP) is 3.76. The second-order valence-electron chi connectivity index (χ2n) is 5.37. The number of benzene rings is 2. The fraction of sp³-hybridized carbons (Fsp3) is 0.263. The van der Waals surface area contributed by atoms with Crippen LogP contribution >= 0.6 is 15.9 Å². The van der Waals surface area contributed by atoms with Gasteiger partial charge in [-0.3, -0.25) is 4.79 Å². The molecule has 0 fully saturated rings. The maximum absolute atomic E-state index is 12.3. The SMILES string of the molecule is CCOc1cc(C#N)ccc1OCC(=O)N(C)Cc1ccc(Br)cc1. The first kappa shape index (κ1) is 18.8. The number of halogens is 1. The summed E-state index contributed by atoms with van der Waals surface area (Å²) in [5.74, 6) is 0.769. The average Bonchev–Trinajstić information content (AvgIpc) is 2.62. The summed E-state index contributed by atoms with van der Waals surface area (Å²) in [7, 11) is 1.73. The zero-order chi connectivity index (χ0) is 18.2. The summed E-state index contributed by atoms with van der Waals surface area (Å²) in [6, 6.07) is 14.7. The van der Waals surface area contributed by atoms with Gasteiger partial charge in [0.15, 0.2) is 18.1 Å². The lowest BCUT2D eigenvalue weighted by Crippen LogP contribution is -2.31. The lowest BCUT2D eigenvalue weighted by Gasteiger charge is -2.18. The van der Waals surface area contributed by atoms with Crippen molar-refractivity contribution in [1.29, 1.82) is 5.26 Å². The molecule has 6 heteroatoms. The lowest BCUT2D eigenvalue weighted by atomic mass is 10.2. The monoisotopic (exact) mass is 402 g/mol. The molecule has 0 aliphatic heterocycles. The summed E-state index contributed by atoms with van der Waals surface area (Å²) in [5, 5.41) is 8.96. The normalized spacial score (nSPS) is 10.0. The van der Waals surface area contributed by atoms with Crippen molar-refractivity contribution in [3.8, 4) is 17.6 Å². The van der Waals surface area contributed by atoms with Gasteiger partial charge in [-0.25, -0.2) is 0 Å². The first-order valence-corrected chi connectivity index (χ1v) is 8.61. The molecule has 0 aliphatic carbocycles. The van der Waals surface area contributed by atoms with E-state index in [-0.39, 0.29) is 12.5 Å². The first-order chi connectivity index (χ1) is 12.0. The third-order valence-electron chi connectivity index (χ3n) is 3.48. The minimum atomic E-state index is -0.144. The van der Waals surface area contributed by atoms with Gasteiger partial charge in [0.2, 0.25) is 0 Å². The summed E-state index contributed by atoms with van der Waals surface area (Å²) >= 11 is 3.39. The van der Waals surface area contributed by atoms with Gasteiger partial charge < -0.3 is 14.4 Å². The number of likely N-dealkylation sites (N-methyl/N-ethyl adjacent to an activating group) is 1. The fourth-order valence-corrected chi connectivity index (χ4v) is 2.43. The third-order valence-corrected chi connectivity index (χ3v) is 4.01. The van der Waals surface area contributed by atoms with E-state index in [1.54, 1.807) is 30.1 Å². The van der Waals surface area contributed by atoms with E-state index in [0.717, 1.165) is 10.0 Å². The van der Waals surface area contributed by atoms with Crippen molar-refractivity contribution in [3.05, 3.63) is 58.1 Å². The van der Waals surface area contributed by atoms with Crippen LogP contribution in [0, 0.1) is 11.3 Å². The molecule has 2 rings (SSSR count). The van der Waals surface area contributed by atoms with E-state index >= 15 is 0 Å². The largest absolute Gasteiger partial charge is 0.490 e. The Kier molecular flexibility index (Phi) is 6.84. The van der Waals surface area contributed by atoms with E-state index in [1.807, 2.05) is 31.2 Å². The number of nitriles is 1. The van der Waals surface area contributed by atoms with Crippen molar-refractivity contribution in [2.75, 3.05) is 20.3 Å². The quantitative estimate of drug-likeness (QED) is 0.707. The van der Waals surface area contributed by atoms with Gasteiger partial charge in [0.25, 0.3) is 5.91 Å². The number of hydrogen-bond donors (Lipinski definition) is 0. The highest BCUT2D eigenvalue weighted by molar-refractivity contribution is 9.10. The van der Waals surface area contributed by atoms with Gasteiger partial charge in [0, 0.05) is 24.1 Å². The van der Waals surface area contributed by atoms with Crippen molar-refractivity contribution in [3.63, 3.8) is 0 Å². The summed E-state index contributed by atoms with van der Waals surface area (Å²) in [6.45, 7) is 2.70. The van der Waals surface area contributed by atoms with Gasteiger partial charge in [-0.15, -0.1) is 0 Å². The molecule has 5 nitrogen and oxygen atoms in total. The Bertz CT molecular complexity index is 769. The number of nitrogens with zero attached hydrogens (tertiary/aromatic N) is 2. The van der Waals surface area contributed by atoms with Crippen LogP contribution in [0.2, 0.25) is 0 Å². The van der Waals surface area contributed by atoms with Gasteiger partial charge in [0.1, 0.15) is 0 Å². The Morgan fingerprint density at radius 2 is 1.88 bits per heavy atom. The molecule has 2 aromatic rings. The van der Waals surface area contributed by atoms with Crippen LogP contribution in [-0.4, -0.2) is 31.1 Å². The second kappa shape index (κ2) is 9.09. The number of ether oxygens (including phenoxy) is 2. The summed E-state index contributed by atoms with van der Waals surface area (Å²) < 4.78 is 12.1. The van der Waals surface area contributed by atoms with Crippen LogP contribution in [0.4, 0.5) is 0 Å². The number of rotatable bonds is 7. The number of amides is 1. The topological polar surface area (TPSA) is 62.6 Å². The predicted molar refractivity (Wildman–Crippen MR) is 98.4 cm³/mol. The van der Waals surface area contributed by atoms with Gasteiger partial charge in [-0.05, 0) is 36.8 Å². The van der Waals surface area contributed by atoms with Gasteiger partial charge in [-0.1, -0.05) is 28.1 Å². The van der Waals surface area contributed by atoms with Gasteiger partial charge >= 0.3 is 0 Å². The Morgan fingerprint density at radius 1 is 1.16 bits per heavy atom. The Hall–Kier alpha value is -2.52. The van der Waals surface area contributed by atoms with E-state index in [2.05, 4.69) is 22.0 Å². The molecular formula is C19H19BrN2O3. The van der Waals surface area contributed by atoms with Crippen LogP contribution in [-0.2, 0) is 11.3 Å². The molecule has 25 heavy (non-hydrogen) atoms. The van der Waals surface area contributed by atoms with Crippen molar-refractivity contribution in [1.82, 2.24) is 4.90 Å². The minimum absolute atomic E-state index is 0.0982. The van der Waals surface area contributed by atoms with E-state index in [1.165, 1.54) is 0 Å². The Labute approximate surface area is 155 Å². The van der Waals surface area contributed by atoms with Crippen molar-refractivity contribution in [2.24, 2.45) is 0 Å². The molecule has 0 N–H and O–H groups in total. The molecule has 2 aromatic carbocycles. The van der Waals surface area contributed by atoms with E-state index in [0.29, 0.717) is 30.2 Å². The zero-order valence-electron chi connectivity index (χ0n) is 14.2. The Morgan fingerprint density at radius 3 is 2.52 bits per heavy atom. The third kappa shape index (κ3) is 5.50. The number of carbonyl (C=O) groups is 1. The van der Waals surface area contributed by atoms with E-state index < -0.39 is 0 Å². The molecule has 0 aromatic heterocycles. The van der Waals surface area contributed by atoms with Crippen LogP contribution in [0.5, 0.6) is 11.5 Å². The maximum Gasteiger partial charge on any atom is 0.260 e. The number of carbonyl (C=O) groups excluding carboxylic acids is 1. The van der Waals surface area contributed by atoms with Gasteiger partial charge in [-0.2, -0.15) is 5.26 Å². The second-order valence-corrected chi connectivity index (χ2v) is 6.29. The fourth-order valence-electron chi connectivity index (χ4n) is 2.17. The highest BCUT2D eigenvalue weighted by Crippen LogP contribution is 2.28. The molecule has 0 bridgehead atoms. The molecule has 0 aliphatic rings. The van der Waals surface area contributed by atoms with Crippen LogP contribution in [0.25, 0.3) is 0 Å². The molecule has 1 amide bonds. The van der Waals surface area contributed by atoms with Crippen molar-refractivity contribution >= 4 is 21.8 Å².